The van der Waals surface area contributed by atoms with Crippen molar-refractivity contribution in [2.24, 2.45) is 5.73 Å². The third-order valence-electron chi connectivity index (χ3n) is 3.36. The summed E-state index contributed by atoms with van der Waals surface area (Å²) in [5.74, 6) is 0. The Hall–Kier alpha value is -0.470. The maximum absolute atomic E-state index is 12.3. The summed E-state index contributed by atoms with van der Waals surface area (Å²) in [6.45, 7) is 5.47. The van der Waals surface area contributed by atoms with Gasteiger partial charge in [0.1, 0.15) is 4.90 Å². The summed E-state index contributed by atoms with van der Waals surface area (Å²) in [4.78, 5) is 3.39. The molecule has 0 bridgehead atoms. The van der Waals surface area contributed by atoms with Crippen LogP contribution in [0.2, 0.25) is 0 Å². The Labute approximate surface area is 118 Å². The quantitative estimate of drug-likeness (QED) is 0.818. The number of sulfonamides is 1. The minimum atomic E-state index is -3.43. The zero-order valence-electron chi connectivity index (χ0n) is 11.2. The van der Waals surface area contributed by atoms with Crippen LogP contribution in [0.25, 0.3) is 0 Å². The molecule has 1 aromatic rings. The second-order valence-electron chi connectivity index (χ2n) is 4.82. The smallest absolute Gasteiger partial charge is 0.242 e. The second kappa shape index (κ2) is 6.32. The van der Waals surface area contributed by atoms with Crippen LogP contribution in [0.4, 0.5) is 0 Å². The molecule has 2 rings (SSSR count). The number of nitrogens with one attached hydrogen (secondary N) is 1. The maximum Gasteiger partial charge on any atom is 0.242 e. The molecule has 2 heterocycles. The lowest BCUT2D eigenvalue weighted by atomic mass is 10.3. The van der Waals surface area contributed by atoms with Gasteiger partial charge in [-0.1, -0.05) is 0 Å². The molecule has 1 aliphatic heterocycles. The van der Waals surface area contributed by atoms with Gasteiger partial charge in [-0.25, -0.2) is 13.1 Å². The minimum Gasteiger partial charge on any atom is -0.326 e. The molecule has 0 unspecified atom stereocenters. The van der Waals surface area contributed by atoms with Gasteiger partial charge in [0.25, 0.3) is 0 Å². The average Bonchev–Trinajstić information content (AvgIpc) is 2.98. The number of aryl methyl sites for hydroxylation is 1. The molecule has 0 spiro atoms. The van der Waals surface area contributed by atoms with Crippen LogP contribution in [0.1, 0.15) is 23.3 Å². The van der Waals surface area contributed by atoms with E-state index >= 15 is 0 Å². The van der Waals surface area contributed by atoms with Crippen LogP contribution in [0.3, 0.4) is 0 Å². The molecule has 19 heavy (non-hydrogen) atoms. The van der Waals surface area contributed by atoms with E-state index in [4.69, 9.17) is 5.73 Å². The van der Waals surface area contributed by atoms with Gasteiger partial charge in [0.2, 0.25) is 10.0 Å². The molecule has 0 aromatic carbocycles. The Morgan fingerprint density at radius 2 is 2.11 bits per heavy atom. The number of thiophene rings is 1. The number of hydrogen-bond donors (Lipinski definition) is 2. The summed E-state index contributed by atoms with van der Waals surface area (Å²) in [6, 6.07) is 0. The van der Waals surface area contributed by atoms with Gasteiger partial charge in [0.05, 0.1) is 0 Å². The summed E-state index contributed by atoms with van der Waals surface area (Å²) in [5.41, 5.74) is 6.38. The highest BCUT2D eigenvalue weighted by molar-refractivity contribution is 7.89. The third kappa shape index (κ3) is 3.55. The van der Waals surface area contributed by atoms with Crippen molar-refractivity contribution in [3.63, 3.8) is 0 Å². The number of hydrogen-bond acceptors (Lipinski definition) is 5. The van der Waals surface area contributed by atoms with E-state index in [0.29, 0.717) is 11.4 Å². The average molecular weight is 303 g/mol. The first kappa shape index (κ1) is 14.9. The molecule has 1 aliphatic rings. The van der Waals surface area contributed by atoms with E-state index in [1.165, 1.54) is 24.2 Å². The monoisotopic (exact) mass is 303 g/mol. The van der Waals surface area contributed by atoms with E-state index in [1.807, 2.05) is 12.3 Å². The van der Waals surface area contributed by atoms with Gasteiger partial charge in [0.15, 0.2) is 0 Å². The molecule has 0 aliphatic carbocycles. The summed E-state index contributed by atoms with van der Waals surface area (Å²) in [7, 11) is -3.43. The highest BCUT2D eigenvalue weighted by Gasteiger charge is 2.22. The molecule has 1 aromatic heterocycles. The van der Waals surface area contributed by atoms with E-state index in [1.54, 1.807) is 0 Å². The van der Waals surface area contributed by atoms with Crippen molar-refractivity contribution < 1.29 is 8.42 Å². The van der Waals surface area contributed by atoms with Gasteiger partial charge >= 0.3 is 0 Å². The van der Waals surface area contributed by atoms with Crippen molar-refractivity contribution in [1.82, 2.24) is 9.62 Å². The Balaban J connectivity index is 1.99. The fourth-order valence-corrected chi connectivity index (χ4v) is 5.13. The first-order valence-electron chi connectivity index (χ1n) is 6.53. The van der Waals surface area contributed by atoms with Crippen molar-refractivity contribution in [2.75, 3.05) is 26.2 Å². The molecule has 0 saturated carbocycles. The molecular weight excluding hydrogens is 282 g/mol. The van der Waals surface area contributed by atoms with Crippen molar-refractivity contribution in [2.45, 2.75) is 31.2 Å². The Bertz CT molecular complexity index is 519. The highest BCUT2D eigenvalue weighted by Crippen LogP contribution is 2.26. The van der Waals surface area contributed by atoms with E-state index in [0.717, 1.165) is 30.1 Å². The van der Waals surface area contributed by atoms with Crippen molar-refractivity contribution in [3.05, 3.63) is 15.8 Å². The Morgan fingerprint density at radius 1 is 1.42 bits per heavy atom. The first-order chi connectivity index (χ1) is 9.04. The number of likely N-dealkylation sites (tertiary alicyclic amines) is 1. The summed E-state index contributed by atoms with van der Waals surface area (Å²) < 4.78 is 27.3. The number of rotatable bonds is 6. The standard InChI is InChI=1S/C12H21N3O2S2/c1-10-9-18-11(8-13)12(10)19(16,17)14-4-7-15-5-2-3-6-15/h9,14H,2-8,13H2,1H3. The lowest BCUT2D eigenvalue weighted by Crippen LogP contribution is -2.34. The Kier molecular flexibility index (Phi) is 4.97. The zero-order chi connectivity index (χ0) is 13.9. The number of nitrogens with zero attached hydrogens (tertiary/aromatic N) is 1. The van der Waals surface area contributed by atoms with Crippen LogP contribution in [0.5, 0.6) is 0 Å². The summed E-state index contributed by atoms with van der Waals surface area (Å²) >= 11 is 1.41. The van der Waals surface area contributed by atoms with Gasteiger partial charge in [-0.2, -0.15) is 0 Å². The van der Waals surface area contributed by atoms with E-state index < -0.39 is 10.0 Å². The predicted octanol–water partition coefficient (Wildman–Crippen LogP) is 0.889. The van der Waals surface area contributed by atoms with E-state index in [-0.39, 0.29) is 6.54 Å². The zero-order valence-corrected chi connectivity index (χ0v) is 12.8. The van der Waals surface area contributed by atoms with Crippen LogP contribution in [-0.2, 0) is 16.6 Å². The SMILES string of the molecule is Cc1csc(CN)c1S(=O)(=O)NCCN1CCCC1. The first-order valence-corrected chi connectivity index (χ1v) is 8.90. The highest BCUT2D eigenvalue weighted by atomic mass is 32.2. The largest absolute Gasteiger partial charge is 0.326 e. The second-order valence-corrected chi connectivity index (χ2v) is 7.49. The van der Waals surface area contributed by atoms with Crippen LogP contribution in [0.15, 0.2) is 10.3 Å². The van der Waals surface area contributed by atoms with Crippen LogP contribution >= 0.6 is 11.3 Å². The lowest BCUT2D eigenvalue weighted by molar-refractivity contribution is 0.344. The topological polar surface area (TPSA) is 75.4 Å². The molecule has 3 N–H and O–H groups in total. The van der Waals surface area contributed by atoms with Gasteiger partial charge in [0, 0.05) is 24.5 Å². The van der Waals surface area contributed by atoms with Gasteiger partial charge < -0.3 is 10.6 Å². The van der Waals surface area contributed by atoms with Crippen molar-refractivity contribution in [1.29, 1.82) is 0 Å². The van der Waals surface area contributed by atoms with Crippen LogP contribution in [-0.4, -0.2) is 39.5 Å². The third-order valence-corrected chi connectivity index (χ3v) is 6.31. The van der Waals surface area contributed by atoms with E-state index in [9.17, 15) is 8.42 Å². The molecule has 0 atom stereocenters. The predicted molar refractivity (Wildman–Crippen MR) is 77.8 cm³/mol. The molecule has 5 nitrogen and oxygen atoms in total. The normalized spacial score (nSPS) is 17.2. The summed E-state index contributed by atoms with van der Waals surface area (Å²) in [5, 5.41) is 1.84. The van der Waals surface area contributed by atoms with Gasteiger partial charge in [-0.3, -0.25) is 0 Å². The van der Waals surface area contributed by atoms with Crippen molar-refractivity contribution in [3.8, 4) is 0 Å². The van der Waals surface area contributed by atoms with Crippen LogP contribution in [0, 0.1) is 6.92 Å². The molecule has 0 amide bonds. The number of nitrogens with two attached hydrogens (primary N) is 1. The van der Waals surface area contributed by atoms with Crippen LogP contribution < -0.4 is 10.5 Å². The summed E-state index contributed by atoms with van der Waals surface area (Å²) in [6.07, 6.45) is 2.43. The van der Waals surface area contributed by atoms with Crippen molar-refractivity contribution >= 4 is 21.4 Å². The van der Waals surface area contributed by atoms with Gasteiger partial charge in [-0.05, 0) is 43.8 Å². The Morgan fingerprint density at radius 3 is 2.74 bits per heavy atom. The maximum atomic E-state index is 12.3. The molecule has 1 fully saturated rings. The van der Waals surface area contributed by atoms with E-state index in [2.05, 4.69) is 9.62 Å². The molecule has 1 saturated heterocycles. The fourth-order valence-electron chi connectivity index (χ4n) is 2.41. The fraction of sp³-hybridized carbons (Fsp3) is 0.667. The molecule has 108 valence electrons. The molecule has 7 heteroatoms. The minimum absolute atomic E-state index is 0.265. The van der Waals surface area contributed by atoms with Gasteiger partial charge in [-0.15, -0.1) is 11.3 Å². The lowest BCUT2D eigenvalue weighted by Gasteiger charge is -2.15. The molecule has 0 radical (unpaired) electrons. The molecular formula is C12H21N3O2S2.